The number of rotatable bonds is 10. The number of primary amides is 1. The molecule has 0 saturated carbocycles. The number of hydrogen-bond donors (Lipinski definition) is 2. The third kappa shape index (κ3) is 5.86. The Balaban J connectivity index is 2.27. The molecule has 136 valence electrons. The summed E-state index contributed by atoms with van der Waals surface area (Å²) >= 11 is 0. The van der Waals surface area contributed by atoms with Crippen LogP contribution in [0.3, 0.4) is 0 Å². The smallest absolute Gasteiger partial charge is 0.323 e. The molecule has 0 heterocycles. The van der Waals surface area contributed by atoms with Crippen molar-refractivity contribution in [3.8, 4) is 0 Å². The van der Waals surface area contributed by atoms with Crippen LogP contribution in [-0.4, -0.2) is 24.5 Å². The van der Waals surface area contributed by atoms with Gasteiger partial charge in [0.25, 0.3) is 0 Å². The van der Waals surface area contributed by atoms with Gasteiger partial charge in [0.05, 0.1) is 6.04 Å². The Morgan fingerprint density at radius 2 is 1.58 bits per heavy atom. The largest absolute Gasteiger partial charge is 0.460 e. The van der Waals surface area contributed by atoms with Gasteiger partial charge in [0.15, 0.2) is 0 Å². The summed E-state index contributed by atoms with van der Waals surface area (Å²) in [6.07, 6.45) is 1.87. The fourth-order valence-electron chi connectivity index (χ4n) is 2.67. The van der Waals surface area contributed by atoms with E-state index in [-0.39, 0.29) is 25.5 Å². The molecule has 0 unspecified atom stereocenters. The Labute approximate surface area is 153 Å². The van der Waals surface area contributed by atoms with Crippen LogP contribution < -0.4 is 11.1 Å². The normalized spacial score (nSPS) is 11.7. The highest BCUT2D eigenvalue weighted by Gasteiger charge is 2.25. The van der Waals surface area contributed by atoms with Gasteiger partial charge in [-0.05, 0) is 17.5 Å². The Morgan fingerprint density at radius 1 is 1.04 bits per heavy atom. The fraction of sp³-hybridized carbons (Fsp3) is 0.238. The Morgan fingerprint density at radius 3 is 2.04 bits per heavy atom. The van der Waals surface area contributed by atoms with Crippen LogP contribution in [0.1, 0.15) is 30.0 Å². The van der Waals surface area contributed by atoms with Gasteiger partial charge in [-0.1, -0.05) is 73.3 Å². The van der Waals surface area contributed by atoms with Gasteiger partial charge in [-0.15, -0.1) is 0 Å². The first-order chi connectivity index (χ1) is 12.6. The van der Waals surface area contributed by atoms with Gasteiger partial charge in [-0.2, -0.15) is 0 Å². The molecule has 0 aromatic heterocycles. The third-order valence-electron chi connectivity index (χ3n) is 3.94. The van der Waals surface area contributed by atoms with Crippen LogP contribution in [0.15, 0.2) is 73.3 Å². The van der Waals surface area contributed by atoms with Gasteiger partial charge in [-0.3, -0.25) is 14.9 Å². The van der Waals surface area contributed by atoms with Gasteiger partial charge < -0.3 is 10.5 Å². The molecule has 5 heteroatoms. The molecule has 26 heavy (non-hydrogen) atoms. The number of nitrogens with two attached hydrogens (primary N) is 1. The van der Waals surface area contributed by atoms with Crippen molar-refractivity contribution in [2.75, 3.05) is 6.61 Å². The van der Waals surface area contributed by atoms with Gasteiger partial charge in [0, 0.05) is 6.42 Å². The van der Waals surface area contributed by atoms with E-state index in [0.29, 0.717) is 0 Å². The van der Waals surface area contributed by atoms with Gasteiger partial charge >= 0.3 is 5.97 Å². The average molecular weight is 352 g/mol. The SMILES string of the molecule is C=CCOC(=O)[C@H](CCC(N)=O)NC(c1ccccc1)c1ccccc1. The number of carbonyl (C=O) groups is 2. The zero-order chi connectivity index (χ0) is 18.8. The van der Waals surface area contributed by atoms with Crippen LogP contribution in [-0.2, 0) is 14.3 Å². The molecular weight excluding hydrogens is 328 g/mol. The molecule has 5 nitrogen and oxygen atoms in total. The second-order valence-corrected chi connectivity index (χ2v) is 5.90. The van der Waals surface area contributed by atoms with Crippen LogP contribution in [0.5, 0.6) is 0 Å². The standard InChI is InChI=1S/C21H24N2O3/c1-2-15-26-21(25)18(13-14-19(22)24)23-20(16-9-5-3-6-10-16)17-11-7-4-8-12-17/h2-12,18,20,23H,1,13-15H2,(H2,22,24)/t18-/m0/s1. The Hall–Kier alpha value is -2.92. The van der Waals surface area contributed by atoms with Crippen LogP contribution in [0, 0.1) is 0 Å². The van der Waals surface area contributed by atoms with Crippen molar-refractivity contribution >= 4 is 11.9 Å². The molecule has 1 atom stereocenters. The molecule has 0 saturated heterocycles. The molecule has 2 aromatic carbocycles. The summed E-state index contributed by atoms with van der Waals surface area (Å²) in [5.74, 6) is -0.882. The third-order valence-corrected chi connectivity index (χ3v) is 3.94. The van der Waals surface area contributed by atoms with Crippen molar-refractivity contribution in [3.05, 3.63) is 84.4 Å². The number of hydrogen-bond acceptors (Lipinski definition) is 4. The maximum atomic E-state index is 12.4. The van der Waals surface area contributed by atoms with Gasteiger partial charge in [0.1, 0.15) is 12.6 Å². The fourth-order valence-corrected chi connectivity index (χ4v) is 2.67. The first-order valence-electron chi connectivity index (χ1n) is 8.53. The van der Waals surface area contributed by atoms with Crippen molar-refractivity contribution in [1.82, 2.24) is 5.32 Å². The number of ether oxygens (including phenoxy) is 1. The highest BCUT2D eigenvalue weighted by molar-refractivity contribution is 5.78. The van der Waals surface area contributed by atoms with E-state index in [1.807, 2.05) is 60.7 Å². The molecule has 0 spiro atoms. The summed E-state index contributed by atoms with van der Waals surface area (Å²) in [6.45, 7) is 3.67. The van der Waals surface area contributed by atoms with Crippen molar-refractivity contribution in [2.24, 2.45) is 5.73 Å². The molecule has 0 aliphatic rings. The molecular formula is C21H24N2O3. The second-order valence-electron chi connectivity index (χ2n) is 5.90. The zero-order valence-corrected chi connectivity index (χ0v) is 14.6. The van der Waals surface area contributed by atoms with E-state index in [4.69, 9.17) is 10.5 Å². The highest BCUT2D eigenvalue weighted by atomic mass is 16.5. The molecule has 0 aliphatic carbocycles. The van der Waals surface area contributed by atoms with Crippen LogP contribution in [0.25, 0.3) is 0 Å². The van der Waals surface area contributed by atoms with Crippen LogP contribution in [0.2, 0.25) is 0 Å². The van der Waals surface area contributed by atoms with E-state index in [1.54, 1.807) is 0 Å². The summed E-state index contributed by atoms with van der Waals surface area (Å²) in [5, 5.41) is 3.33. The zero-order valence-electron chi connectivity index (χ0n) is 14.6. The number of nitrogens with one attached hydrogen (secondary N) is 1. The summed E-state index contributed by atoms with van der Waals surface area (Å²) in [7, 11) is 0. The Bertz CT molecular complexity index is 677. The van der Waals surface area contributed by atoms with E-state index >= 15 is 0 Å². The van der Waals surface area contributed by atoms with Crippen molar-refractivity contribution in [3.63, 3.8) is 0 Å². The van der Waals surface area contributed by atoms with E-state index in [0.717, 1.165) is 11.1 Å². The first-order valence-corrected chi connectivity index (χ1v) is 8.53. The lowest BCUT2D eigenvalue weighted by Gasteiger charge is -2.25. The summed E-state index contributed by atoms with van der Waals surface area (Å²) in [4.78, 5) is 23.6. The predicted molar refractivity (Wildman–Crippen MR) is 101 cm³/mol. The molecule has 0 aliphatic heterocycles. The lowest BCUT2D eigenvalue weighted by atomic mass is 9.97. The second kappa shape index (κ2) is 10.2. The topological polar surface area (TPSA) is 81.4 Å². The van der Waals surface area contributed by atoms with Crippen LogP contribution >= 0.6 is 0 Å². The summed E-state index contributed by atoms with van der Waals surface area (Å²) < 4.78 is 5.19. The minimum atomic E-state index is -0.659. The first kappa shape index (κ1) is 19.4. The average Bonchev–Trinajstić information content (AvgIpc) is 2.67. The molecule has 3 N–H and O–H groups in total. The molecule has 1 amide bonds. The summed E-state index contributed by atoms with van der Waals surface area (Å²) in [6, 6.07) is 18.7. The monoisotopic (exact) mass is 352 g/mol. The number of benzene rings is 2. The Kier molecular flexibility index (Phi) is 7.58. The molecule has 2 rings (SSSR count). The van der Waals surface area contributed by atoms with Crippen LogP contribution in [0.4, 0.5) is 0 Å². The van der Waals surface area contributed by atoms with Crippen molar-refractivity contribution in [1.29, 1.82) is 0 Å². The molecule has 0 fully saturated rings. The minimum absolute atomic E-state index is 0.0944. The van der Waals surface area contributed by atoms with Crippen molar-refractivity contribution in [2.45, 2.75) is 24.9 Å². The number of esters is 1. The highest BCUT2D eigenvalue weighted by Crippen LogP contribution is 2.23. The van der Waals surface area contributed by atoms with E-state index < -0.39 is 17.9 Å². The van der Waals surface area contributed by atoms with Gasteiger partial charge in [-0.25, -0.2) is 0 Å². The van der Waals surface area contributed by atoms with Crippen molar-refractivity contribution < 1.29 is 14.3 Å². The van der Waals surface area contributed by atoms with E-state index in [1.165, 1.54) is 6.08 Å². The maximum absolute atomic E-state index is 12.4. The van der Waals surface area contributed by atoms with E-state index in [9.17, 15) is 9.59 Å². The van der Waals surface area contributed by atoms with E-state index in [2.05, 4.69) is 11.9 Å². The lowest BCUT2D eigenvalue weighted by Crippen LogP contribution is -2.41. The quantitative estimate of drug-likeness (QED) is 0.509. The van der Waals surface area contributed by atoms with Gasteiger partial charge in [0.2, 0.25) is 5.91 Å². The number of carbonyl (C=O) groups excluding carboxylic acids is 2. The predicted octanol–water partition coefficient (Wildman–Crippen LogP) is 2.73. The molecule has 2 aromatic rings. The minimum Gasteiger partial charge on any atom is -0.460 e. The summed E-state index contributed by atoms with van der Waals surface area (Å²) in [5.41, 5.74) is 7.29. The number of amides is 1. The lowest BCUT2D eigenvalue weighted by molar-refractivity contribution is -0.145. The maximum Gasteiger partial charge on any atom is 0.323 e. The molecule has 0 radical (unpaired) electrons. The molecule has 0 bridgehead atoms.